The predicted octanol–water partition coefficient (Wildman–Crippen LogP) is 3.77. The van der Waals surface area contributed by atoms with Crippen molar-refractivity contribution >= 4 is 21.7 Å². The maximum absolute atomic E-state index is 11.1. The maximum atomic E-state index is 11.1. The fourth-order valence-corrected chi connectivity index (χ4v) is 1.03. The van der Waals surface area contributed by atoms with Crippen molar-refractivity contribution in [1.29, 1.82) is 0 Å². The average Bonchev–Trinajstić information content (AvgIpc) is 2.11. The fourth-order valence-electron chi connectivity index (χ4n) is 0.918. The zero-order valence-electron chi connectivity index (χ0n) is 8.52. The summed E-state index contributed by atoms with van der Waals surface area (Å²) in [4.78, 5) is 11.1. The van der Waals surface area contributed by atoms with E-state index in [1.807, 2.05) is 39.0 Å². The zero-order valence-corrected chi connectivity index (χ0v) is 10.1. The lowest BCUT2D eigenvalue weighted by Gasteiger charge is -2.00. The van der Waals surface area contributed by atoms with Gasteiger partial charge < -0.3 is 0 Å². The van der Waals surface area contributed by atoms with Crippen molar-refractivity contribution in [3.05, 3.63) is 33.9 Å². The van der Waals surface area contributed by atoms with E-state index >= 15 is 0 Å². The van der Waals surface area contributed by atoms with Crippen LogP contribution in [-0.2, 0) is 4.79 Å². The van der Waals surface area contributed by atoms with Crippen LogP contribution < -0.4 is 0 Å². The van der Waals surface area contributed by atoms with Gasteiger partial charge in [-0.05, 0) is 39.3 Å². The smallest absolute Gasteiger partial charge is 0.159 e. The van der Waals surface area contributed by atoms with E-state index in [9.17, 15) is 4.79 Å². The van der Waals surface area contributed by atoms with Crippen LogP contribution in [0, 0.1) is 0 Å². The minimum absolute atomic E-state index is 0.0956. The molecule has 0 amide bonds. The van der Waals surface area contributed by atoms with E-state index in [1.165, 1.54) is 0 Å². The molecular weight excluding hydrogens is 228 g/mol. The molecule has 0 radical (unpaired) electrons. The lowest BCUT2D eigenvalue weighted by atomic mass is 10.1. The maximum Gasteiger partial charge on any atom is 0.159 e. The third kappa shape index (κ3) is 4.23. The van der Waals surface area contributed by atoms with Crippen molar-refractivity contribution in [2.75, 3.05) is 0 Å². The third-order valence-corrected chi connectivity index (χ3v) is 2.80. The van der Waals surface area contributed by atoms with Gasteiger partial charge in [0.15, 0.2) is 5.78 Å². The molecule has 0 spiro atoms. The molecule has 0 saturated carbocycles. The van der Waals surface area contributed by atoms with Gasteiger partial charge >= 0.3 is 0 Å². The third-order valence-electron chi connectivity index (χ3n) is 1.72. The Kier molecular flexibility index (Phi) is 5.63. The molecule has 0 fully saturated rings. The van der Waals surface area contributed by atoms with Gasteiger partial charge in [0.2, 0.25) is 0 Å². The highest BCUT2D eigenvalue weighted by Gasteiger charge is 2.00. The van der Waals surface area contributed by atoms with Crippen LogP contribution in [0.25, 0.3) is 0 Å². The van der Waals surface area contributed by atoms with E-state index < -0.39 is 0 Å². The first-order valence-corrected chi connectivity index (χ1v) is 5.00. The van der Waals surface area contributed by atoms with E-state index in [4.69, 9.17) is 0 Å². The Morgan fingerprint density at radius 3 is 2.00 bits per heavy atom. The van der Waals surface area contributed by atoms with Gasteiger partial charge in [-0.15, -0.1) is 0 Å². The van der Waals surface area contributed by atoms with E-state index in [0.29, 0.717) is 0 Å². The number of carbonyl (C=O) groups excluding carboxylic acids is 1. The molecule has 0 unspecified atom stereocenters. The summed E-state index contributed by atoms with van der Waals surface area (Å²) in [6, 6.07) is 0. The quantitative estimate of drug-likeness (QED) is 0.544. The molecule has 1 nitrogen and oxygen atoms in total. The van der Waals surface area contributed by atoms with Gasteiger partial charge in [0.05, 0.1) is 0 Å². The van der Waals surface area contributed by atoms with E-state index in [0.717, 1.165) is 15.6 Å². The van der Waals surface area contributed by atoms with Crippen LogP contribution >= 0.6 is 15.9 Å². The number of ketones is 1. The molecule has 0 bridgehead atoms. The van der Waals surface area contributed by atoms with Crippen LogP contribution in [0.3, 0.4) is 0 Å². The van der Waals surface area contributed by atoms with E-state index in [-0.39, 0.29) is 5.78 Å². The molecule has 0 saturated heterocycles. The molecule has 72 valence electrons. The number of halogens is 1. The van der Waals surface area contributed by atoms with Crippen molar-refractivity contribution in [2.45, 2.75) is 27.7 Å². The van der Waals surface area contributed by atoms with E-state index in [2.05, 4.69) is 15.9 Å². The highest BCUT2D eigenvalue weighted by molar-refractivity contribution is 9.12. The van der Waals surface area contributed by atoms with Gasteiger partial charge in [0, 0.05) is 10.1 Å². The van der Waals surface area contributed by atoms with Gasteiger partial charge in [-0.2, -0.15) is 0 Å². The summed E-state index contributed by atoms with van der Waals surface area (Å²) in [5.74, 6) is 0.0956. The molecule has 0 heterocycles. The molecule has 0 rings (SSSR count). The van der Waals surface area contributed by atoms with Crippen molar-refractivity contribution < 1.29 is 4.79 Å². The van der Waals surface area contributed by atoms with Crippen molar-refractivity contribution in [3.63, 3.8) is 0 Å². The second-order valence-corrected chi connectivity index (χ2v) is 3.62. The number of hydrogen-bond acceptors (Lipinski definition) is 1. The van der Waals surface area contributed by atoms with Gasteiger partial charge in [0.1, 0.15) is 0 Å². The molecule has 0 aromatic heterocycles. The Morgan fingerprint density at radius 2 is 1.69 bits per heavy atom. The normalized spacial score (nSPS) is 14.7. The molecule has 0 aromatic carbocycles. The second-order valence-electron chi connectivity index (χ2n) is 2.76. The summed E-state index contributed by atoms with van der Waals surface area (Å²) >= 11 is 3.40. The number of hydrogen-bond donors (Lipinski definition) is 0. The number of Topliss-reactive ketones (excluding diaryl/α,β-unsaturated/α-hetero) is 1. The van der Waals surface area contributed by atoms with Gasteiger partial charge in [0.25, 0.3) is 0 Å². The second kappa shape index (κ2) is 5.92. The highest BCUT2D eigenvalue weighted by atomic mass is 79.9. The predicted molar refractivity (Wildman–Crippen MR) is 60.9 cm³/mol. The van der Waals surface area contributed by atoms with Gasteiger partial charge in [-0.3, -0.25) is 4.79 Å². The fraction of sp³-hybridized carbons (Fsp3) is 0.364. The molecule has 0 aromatic rings. The summed E-state index contributed by atoms with van der Waals surface area (Å²) in [6.45, 7) is 7.35. The molecule has 13 heavy (non-hydrogen) atoms. The molecular formula is C11H15BrO. The van der Waals surface area contributed by atoms with Crippen molar-refractivity contribution in [2.24, 2.45) is 0 Å². The summed E-state index contributed by atoms with van der Waals surface area (Å²) in [7, 11) is 0. The minimum Gasteiger partial charge on any atom is -0.295 e. The monoisotopic (exact) mass is 242 g/mol. The van der Waals surface area contributed by atoms with Crippen molar-refractivity contribution in [3.8, 4) is 0 Å². The first kappa shape index (κ1) is 12.4. The zero-order chi connectivity index (χ0) is 10.4. The van der Waals surface area contributed by atoms with E-state index in [1.54, 1.807) is 6.92 Å². The SMILES string of the molecule is C\C=C(/C=C(C)\C(Br)=C/C)C(C)=O. The standard InChI is InChI=1S/C11H15BrO/c1-5-10(9(4)13)7-8(3)11(12)6-2/h5-7H,1-4H3/b8-7-,10-5+,11-6+. The molecule has 0 aliphatic rings. The summed E-state index contributed by atoms with van der Waals surface area (Å²) in [5, 5.41) is 0. The largest absolute Gasteiger partial charge is 0.295 e. The molecule has 0 atom stereocenters. The van der Waals surface area contributed by atoms with Gasteiger partial charge in [-0.1, -0.05) is 28.1 Å². The molecule has 0 aliphatic carbocycles. The first-order chi connectivity index (χ1) is 6.02. The highest BCUT2D eigenvalue weighted by Crippen LogP contribution is 2.18. The lowest BCUT2D eigenvalue weighted by molar-refractivity contribution is -0.113. The number of rotatable bonds is 3. The Hall–Kier alpha value is -0.630. The summed E-state index contributed by atoms with van der Waals surface area (Å²) in [5.41, 5.74) is 1.81. The summed E-state index contributed by atoms with van der Waals surface area (Å²) < 4.78 is 1.02. The van der Waals surface area contributed by atoms with Crippen LogP contribution in [0.2, 0.25) is 0 Å². The van der Waals surface area contributed by atoms with Gasteiger partial charge in [-0.25, -0.2) is 0 Å². The van der Waals surface area contributed by atoms with Crippen LogP contribution in [0.1, 0.15) is 27.7 Å². The Balaban J connectivity index is 4.84. The Labute approximate surface area is 88.3 Å². The van der Waals surface area contributed by atoms with Crippen LogP contribution in [0.4, 0.5) is 0 Å². The lowest BCUT2D eigenvalue weighted by Crippen LogP contribution is -1.93. The van der Waals surface area contributed by atoms with Crippen LogP contribution in [-0.4, -0.2) is 5.78 Å². The number of carbonyl (C=O) groups is 1. The molecule has 0 N–H and O–H groups in total. The first-order valence-electron chi connectivity index (χ1n) is 4.20. The Morgan fingerprint density at radius 1 is 1.15 bits per heavy atom. The average molecular weight is 243 g/mol. The summed E-state index contributed by atoms with van der Waals surface area (Å²) in [6.07, 6.45) is 5.66. The van der Waals surface area contributed by atoms with Crippen LogP contribution in [0.15, 0.2) is 33.9 Å². The topological polar surface area (TPSA) is 17.1 Å². The minimum atomic E-state index is 0.0956. The molecule has 0 aliphatic heterocycles. The van der Waals surface area contributed by atoms with Crippen LogP contribution in [0.5, 0.6) is 0 Å². The van der Waals surface area contributed by atoms with Crippen molar-refractivity contribution in [1.82, 2.24) is 0 Å². The Bertz CT molecular complexity index is 282. The number of allylic oxidation sites excluding steroid dienone is 6. The molecule has 2 heteroatoms.